The monoisotopic (exact) mass is 494 g/mol. The fraction of sp³-hybridized carbons (Fsp3) is 0.357. The first-order valence-corrected chi connectivity index (χ1v) is 12.6. The maximum Gasteiger partial charge on any atom is 0.254 e. The molecule has 0 saturated carbocycles. The summed E-state index contributed by atoms with van der Waals surface area (Å²) in [5.41, 5.74) is 2.64. The van der Waals surface area contributed by atoms with Gasteiger partial charge in [-0.3, -0.25) is 9.59 Å². The summed E-state index contributed by atoms with van der Waals surface area (Å²) < 4.78 is 10.7. The van der Waals surface area contributed by atoms with Crippen molar-refractivity contribution in [1.82, 2.24) is 9.80 Å². The van der Waals surface area contributed by atoms with Crippen LogP contribution in [0, 0.1) is 6.92 Å². The van der Waals surface area contributed by atoms with Crippen molar-refractivity contribution in [3.05, 3.63) is 81.5 Å². The molecule has 1 atom stereocenters. The molecule has 0 aliphatic carbocycles. The molecular formula is C28H34N2O4S. The van der Waals surface area contributed by atoms with Gasteiger partial charge in [0.1, 0.15) is 18.0 Å². The zero-order valence-corrected chi connectivity index (χ0v) is 21.9. The van der Waals surface area contributed by atoms with Crippen molar-refractivity contribution in [2.75, 3.05) is 20.8 Å². The number of methoxy groups -OCH3 is 2. The lowest BCUT2D eigenvalue weighted by Crippen LogP contribution is -2.46. The molecule has 0 spiro atoms. The van der Waals surface area contributed by atoms with Crippen LogP contribution in [-0.4, -0.2) is 48.4 Å². The molecule has 6 nitrogen and oxygen atoms in total. The molecule has 2 aromatic carbocycles. The van der Waals surface area contributed by atoms with Crippen LogP contribution in [0.5, 0.6) is 11.5 Å². The van der Waals surface area contributed by atoms with Gasteiger partial charge in [-0.25, -0.2) is 0 Å². The van der Waals surface area contributed by atoms with Crippen LogP contribution >= 0.6 is 11.3 Å². The highest BCUT2D eigenvalue weighted by Gasteiger charge is 2.27. The van der Waals surface area contributed by atoms with Crippen LogP contribution in [0.4, 0.5) is 0 Å². The summed E-state index contributed by atoms with van der Waals surface area (Å²) in [6, 6.07) is 17.0. The molecule has 0 N–H and O–H groups in total. The summed E-state index contributed by atoms with van der Waals surface area (Å²) in [4.78, 5) is 31.9. The van der Waals surface area contributed by atoms with E-state index in [-0.39, 0.29) is 24.4 Å². The summed E-state index contributed by atoms with van der Waals surface area (Å²) in [6.07, 6.45) is 0.725. The van der Waals surface area contributed by atoms with E-state index in [2.05, 4.69) is 13.0 Å². The second kappa shape index (κ2) is 12.4. The van der Waals surface area contributed by atoms with Crippen LogP contribution in [0.15, 0.2) is 60.0 Å². The average Bonchev–Trinajstić information content (AvgIpc) is 3.30. The van der Waals surface area contributed by atoms with Gasteiger partial charge in [0.05, 0.1) is 20.8 Å². The van der Waals surface area contributed by atoms with Gasteiger partial charge in [-0.1, -0.05) is 37.3 Å². The van der Waals surface area contributed by atoms with Gasteiger partial charge >= 0.3 is 0 Å². The van der Waals surface area contributed by atoms with Crippen LogP contribution in [0.2, 0.25) is 0 Å². The van der Waals surface area contributed by atoms with Gasteiger partial charge < -0.3 is 19.3 Å². The molecule has 7 heteroatoms. The quantitative estimate of drug-likeness (QED) is 0.351. The molecule has 3 aromatic rings. The first kappa shape index (κ1) is 26.3. The number of amides is 2. The fourth-order valence-corrected chi connectivity index (χ4v) is 4.69. The van der Waals surface area contributed by atoms with Gasteiger partial charge in [0.2, 0.25) is 5.91 Å². The summed E-state index contributed by atoms with van der Waals surface area (Å²) in [6.45, 7) is 7.01. The third-order valence-electron chi connectivity index (χ3n) is 6.16. The third-order valence-corrected chi connectivity index (χ3v) is 7.17. The SMILES string of the molecule is CCC(C)N(CC(=O)N(Cc1ccccc1)Cc1sccc1C)C(=O)c1cc(OC)cc(OC)c1. The summed E-state index contributed by atoms with van der Waals surface area (Å²) in [5.74, 6) is 0.742. The Kier molecular flexibility index (Phi) is 9.32. The number of carbonyl (C=O) groups excluding carboxylic acids is 2. The molecule has 1 unspecified atom stereocenters. The molecular weight excluding hydrogens is 460 g/mol. The largest absolute Gasteiger partial charge is 0.497 e. The first-order valence-electron chi connectivity index (χ1n) is 11.7. The highest BCUT2D eigenvalue weighted by molar-refractivity contribution is 7.10. The Morgan fingerprint density at radius 3 is 2.17 bits per heavy atom. The topological polar surface area (TPSA) is 59.1 Å². The van der Waals surface area contributed by atoms with E-state index in [1.807, 2.05) is 54.5 Å². The highest BCUT2D eigenvalue weighted by Crippen LogP contribution is 2.25. The standard InChI is InChI=1S/C28H34N2O4S/c1-6-21(3)30(28(32)23-14-24(33-4)16-25(15-23)34-5)19-27(31)29(17-22-10-8-7-9-11-22)18-26-20(2)12-13-35-26/h7-16,21H,6,17-19H2,1-5H3. The van der Waals surface area contributed by atoms with Crippen LogP contribution in [0.1, 0.15) is 46.6 Å². The Hall–Kier alpha value is -3.32. The third kappa shape index (κ3) is 6.85. The van der Waals surface area contributed by atoms with Crippen molar-refractivity contribution in [2.24, 2.45) is 0 Å². The average molecular weight is 495 g/mol. The Morgan fingerprint density at radius 2 is 1.63 bits per heavy atom. The van der Waals surface area contributed by atoms with E-state index in [1.54, 1.807) is 48.7 Å². The smallest absolute Gasteiger partial charge is 0.254 e. The number of hydrogen-bond acceptors (Lipinski definition) is 5. The molecule has 186 valence electrons. The minimum Gasteiger partial charge on any atom is -0.497 e. The van der Waals surface area contributed by atoms with Crippen LogP contribution < -0.4 is 9.47 Å². The molecule has 1 aromatic heterocycles. The van der Waals surface area contributed by atoms with Gasteiger partial charge in [-0.05, 0) is 55.0 Å². The molecule has 0 saturated heterocycles. The highest BCUT2D eigenvalue weighted by atomic mass is 32.1. The lowest BCUT2D eigenvalue weighted by Gasteiger charge is -2.31. The molecule has 0 aliphatic heterocycles. The Labute approximate surface area is 212 Å². The maximum atomic E-state index is 13.7. The van der Waals surface area contributed by atoms with Crippen LogP contribution in [0.25, 0.3) is 0 Å². The second-order valence-corrected chi connectivity index (χ2v) is 9.55. The van der Waals surface area contributed by atoms with Crippen molar-refractivity contribution < 1.29 is 19.1 Å². The summed E-state index contributed by atoms with van der Waals surface area (Å²) >= 11 is 1.64. The maximum absolute atomic E-state index is 13.7. The van der Waals surface area contributed by atoms with Crippen molar-refractivity contribution in [1.29, 1.82) is 0 Å². The van der Waals surface area contributed by atoms with Gasteiger partial charge in [0.15, 0.2) is 0 Å². The summed E-state index contributed by atoms with van der Waals surface area (Å²) in [5, 5.41) is 2.04. The first-order chi connectivity index (χ1) is 16.9. The predicted octanol–water partition coefficient (Wildman–Crippen LogP) is 5.54. The number of benzene rings is 2. The van der Waals surface area contributed by atoms with E-state index in [1.165, 1.54) is 5.56 Å². The van der Waals surface area contributed by atoms with Crippen molar-refractivity contribution in [3.63, 3.8) is 0 Å². The van der Waals surface area contributed by atoms with E-state index >= 15 is 0 Å². The lowest BCUT2D eigenvalue weighted by molar-refractivity contribution is -0.133. The normalized spacial score (nSPS) is 11.6. The van der Waals surface area contributed by atoms with Crippen LogP contribution in [-0.2, 0) is 17.9 Å². The summed E-state index contributed by atoms with van der Waals surface area (Å²) in [7, 11) is 3.10. The number of nitrogens with zero attached hydrogens (tertiary/aromatic N) is 2. The fourth-order valence-electron chi connectivity index (χ4n) is 3.77. The van der Waals surface area contributed by atoms with E-state index in [4.69, 9.17) is 9.47 Å². The van der Waals surface area contributed by atoms with E-state index < -0.39 is 0 Å². The molecule has 35 heavy (non-hydrogen) atoms. The number of rotatable bonds is 11. The molecule has 2 amide bonds. The molecule has 1 heterocycles. The number of hydrogen-bond donors (Lipinski definition) is 0. The number of carbonyl (C=O) groups is 2. The van der Waals surface area contributed by atoms with Crippen molar-refractivity contribution >= 4 is 23.2 Å². The molecule has 0 radical (unpaired) electrons. The van der Waals surface area contributed by atoms with Crippen LogP contribution in [0.3, 0.4) is 0 Å². The predicted molar refractivity (Wildman–Crippen MR) is 140 cm³/mol. The molecule has 0 fully saturated rings. The van der Waals surface area contributed by atoms with Gasteiger partial charge in [0.25, 0.3) is 5.91 Å². The second-order valence-electron chi connectivity index (χ2n) is 8.55. The molecule has 0 aliphatic rings. The molecule has 3 rings (SSSR count). The zero-order chi connectivity index (χ0) is 25.4. The Balaban J connectivity index is 1.88. The Morgan fingerprint density at radius 1 is 0.971 bits per heavy atom. The number of thiophene rings is 1. The van der Waals surface area contributed by atoms with E-state index in [9.17, 15) is 9.59 Å². The van der Waals surface area contributed by atoms with E-state index in [0.717, 1.165) is 16.9 Å². The van der Waals surface area contributed by atoms with Gasteiger partial charge in [-0.2, -0.15) is 0 Å². The lowest BCUT2D eigenvalue weighted by atomic mass is 10.1. The van der Waals surface area contributed by atoms with Crippen molar-refractivity contribution in [2.45, 2.75) is 46.3 Å². The minimum atomic E-state index is -0.225. The van der Waals surface area contributed by atoms with Crippen molar-refractivity contribution in [3.8, 4) is 11.5 Å². The zero-order valence-electron chi connectivity index (χ0n) is 21.1. The number of ether oxygens (including phenoxy) is 2. The Bertz CT molecular complexity index is 1110. The molecule has 0 bridgehead atoms. The van der Waals surface area contributed by atoms with E-state index in [0.29, 0.717) is 30.2 Å². The number of aryl methyl sites for hydroxylation is 1. The van der Waals surface area contributed by atoms with Gasteiger partial charge in [-0.15, -0.1) is 11.3 Å². The van der Waals surface area contributed by atoms with Gasteiger partial charge in [0, 0.05) is 29.1 Å². The minimum absolute atomic E-state index is 0.00930.